The van der Waals surface area contributed by atoms with Gasteiger partial charge in [-0.05, 0) is 45.4 Å². The third kappa shape index (κ3) is 5.10. The van der Waals surface area contributed by atoms with Crippen molar-refractivity contribution in [3.8, 4) is 0 Å². The van der Waals surface area contributed by atoms with Gasteiger partial charge in [0, 0.05) is 31.9 Å². The number of pyridine rings is 1. The lowest BCUT2D eigenvalue weighted by atomic mass is 10.3. The van der Waals surface area contributed by atoms with Crippen molar-refractivity contribution >= 4 is 27.5 Å². The maximum absolute atomic E-state index is 12.7. The molecule has 11 heteroatoms. The SMILES string of the molecule is CCn1nc(C)c(S(=O)(=O)NCCNc2cc(Nc3cc(C)ccn3)ncn2)c1C. The Morgan fingerprint density at radius 1 is 1.00 bits per heavy atom. The van der Waals surface area contributed by atoms with Crippen LogP contribution in [-0.2, 0) is 16.6 Å². The van der Waals surface area contributed by atoms with Crippen LogP contribution in [0.2, 0.25) is 0 Å². The first kappa shape index (κ1) is 21.7. The Morgan fingerprint density at radius 3 is 2.43 bits per heavy atom. The van der Waals surface area contributed by atoms with E-state index in [0.29, 0.717) is 41.9 Å². The van der Waals surface area contributed by atoms with Crippen LogP contribution in [0.3, 0.4) is 0 Å². The number of nitrogens with zero attached hydrogens (tertiary/aromatic N) is 5. The minimum atomic E-state index is -3.64. The Balaban J connectivity index is 1.57. The molecular weight excluding hydrogens is 404 g/mol. The second kappa shape index (κ2) is 9.18. The lowest BCUT2D eigenvalue weighted by Gasteiger charge is -2.10. The zero-order valence-electron chi connectivity index (χ0n) is 17.5. The maximum atomic E-state index is 12.7. The Kier molecular flexibility index (Phi) is 6.63. The van der Waals surface area contributed by atoms with Gasteiger partial charge in [-0.25, -0.2) is 28.1 Å². The summed E-state index contributed by atoms with van der Waals surface area (Å²) in [4.78, 5) is 12.8. The number of anilines is 3. The van der Waals surface area contributed by atoms with Gasteiger partial charge in [-0.15, -0.1) is 0 Å². The van der Waals surface area contributed by atoms with Gasteiger partial charge in [-0.2, -0.15) is 5.10 Å². The average molecular weight is 431 g/mol. The summed E-state index contributed by atoms with van der Waals surface area (Å²) in [5.41, 5.74) is 2.21. The minimum absolute atomic E-state index is 0.199. The fourth-order valence-corrected chi connectivity index (χ4v) is 4.52. The second-order valence-corrected chi connectivity index (χ2v) is 8.48. The van der Waals surface area contributed by atoms with Gasteiger partial charge in [0.1, 0.15) is 28.7 Å². The third-order valence-corrected chi connectivity index (χ3v) is 6.16. The molecule has 3 aromatic rings. The van der Waals surface area contributed by atoms with E-state index in [2.05, 4.69) is 35.4 Å². The zero-order valence-corrected chi connectivity index (χ0v) is 18.3. The summed E-state index contributed by atoms with van der Waals surface area (Å²) >= 11 is 0. The van der Waals surface area contributed by atoms with Crippen LogP contribution in [0.5, 0.6) is 0 Å². The molecule has 3 rings (SSSR count). The maximum Gasteiger partial charge on any atom is 0.244 e. The molecule has 0 atom stereocenters. The highest BCUT2D eigenvalue weighted by Crippen LogP contribution is 2.19. The van der Waals surface area contributed by atoms with Crippen molar-refractivity contribution in [1.82, 2.24) is 29.5 Å². The predicted octanol–water partition coefficient (Wildman–Crippen LogP) is 2.15. The molecule has 30 heavy (non-hydrogen) atoms. The molecule has 0 fully saturated rings. The molecule has 0 amide bonds. The number of aryl methyl sites for hydroxylation is 3. The van der Waals surface area contributed by atoms with Crippen LogP contribution in [0.1, 0.15) is 23.9 Å². The van der Waals surface area contributed by atoms with Gasteiger partial charge in [0.05, 0.1) is 11.4 Å². The first-order chi connectivity index (χ1) is 14.3. The van der Waals surface area contributed by atoms with Gasteiger partial charge in [0.2, 0.25) is 10.0 Å². The summed E-state index contributed by atoms with van der Waals surface area (Å²) in [6.45, 7) is 8.54. The number of sulfonamides is 1. The Bertz CT molecular complexity index is 1130. The van der Waals surface area contributed by atoms with Crippen molar-refractivity contribution in [3.05, 3.63) is 47.7 Å². The standard InChI is InChI=1S/C19H26N8O2S/c1-5-27-15(4)19(14(3)26-27)30(28,29)24-9-8-21-16-11-18(23-12-22-16)25-17-10-13(2)6-7-20-17/h6-7,10-12,24H,5,8-9H2,1-4H3,(H2,20,21,22,23,25). The summed E-state index contributed by atoms with van der Waals surface area (Å²) in [5.74, 6) is 1.85. The molecule has 0 aliphatic rings. The van der Waals surface area contributed by atoms with Crippen molar-refractivity contribution in [2.24, 2.45) is 0 Å². The first-order valence-electron chi connectivity index (χ1n) is 9.59. The van der Waals surface area contributed by atoms with Gasteiger partial charge in [0.25, 0.3) is 0 Å². The highest BCUT2D eigenvalue weighted by Gasteiger charge is 2.23. The second-order valence-electron chi connectivity index (χ2n) is 6.77. The van der Waals surface area contributed by atoms with Crippen LogP contribution in [0, 0.1) is 20.8 Å². The van der Waals surface area contributed by atoms with Gasteiger partial charge in [-0.1, -0.05) is 0 Å². The molecule has 0 bridgehead atoms. The fourth-order valence-electron chi connectivity index (χ4n) is 3.08. The normalized spacial score (nSPS) is 11.5. The molecule has 0 aliphatic carbocycles. The number of aromatic nitrogens is 5. The lowest BCUT2D eigenvalue weighted by molar-refractivity contribution is 0.580. The predicted molar refractivity (Wildman–Crippen MR) is 115 cm³/mol. The van der Waals surface area contributed by atoms with E-state index >= 15 is 0 Å². The topological polar surface area (TPSA) is 127 Å². The fraction of sp³-hybridized carbons (Fsp3) is 0.368. The summed E-state index contributed by atoms with van der Waals surface area (Å²) in [5, 5.41) is 10.5. The molecule has 3 aromatic heterocycles. The Labute approximate surface area is 176 Å². The van der Waals surface area contributed by atoms with Crippen molar-refractivity contribution in [2.75, 3.05) is 23.7 Å². The van der Waals surface area contributed by atoms with E-state index in [1.54, 1.807) is 30.8 Å². The Morgan fingerprint density at radius 2 is 1.73 bits per heavy atom. The van der Waals surface area contributed by atoms with Crippen LogP contribution in [0.25, 0.3) is 0 Å². The first-order valence-corrected chi connectivity index (χ1v) is 11.1. The summed E-state index contributed by atoms with van der Waals surface area (Å²) in [6.07, 6.45) is 3.15. The van der Waals surface area contributed by atoms with E-state index in [1.807, 2.05) is 26.0 Å². The van der Waals surface area contributed by atoms with Crippen LogP contribution in [0.4, 0.5) is 17.5 Å². The molecular formula is C19H26N8O2S. The van der Waals surface area contributed by atoms with E-state index in [-0.39, 0.29) is 11.4 Å². The molecule has 160 valence electrons. The van der Waals surface area contributed by atoms with Crippen LogP contribution in [0.15, 0.2) is 35.6 Å². The molecule has 0 spiro atoms. The van der Waals surface area contributed by atoms with Crippen molar-refractivity contribution in [2.45, 2.75) is 39.1 Å². The molecule has 0 unspecified atom stereocenters. The molecule has 0 saturated carbocycles. The number of hydrogen-bond donors (Lipinski definition) is 3. The lowest BCUT2D eigenvalue weighted by Crippen LogP contribution is -2.29. The number of nitrogens with one attached hydrogen (secondary N) is 3. The molecule has 3 N–H and O–H groups in total. The van der Waals surface area contributed by atoms with Crippen LogP contribution >= 0.6 is 0 Å². The summed E-state index contributed by atoms with van der Waals surface area (Å²) < 4.78 is 29.6. The molecule has 10 nitrogen and oxygen atoms in total. The largest absolute Gasteiger partial charge is 0.369 e. The van der Waals surface area contributed by atoms with Gasteiger partial charge < -0.3 is 10.6 Å². The van der Waals surface area contributed by atoms with E-state index in [4.69, 9.17) is 0 Å². The number of hydrogen-bond acceptors (Lipinski definition) is 8. The highest BCUT2D eigenvalue weighted by molar-refractivity contribution is 7.89. The van der Waals surface area contributed by atoms with E-state index in [1.165, 1.54) is 6.33 Å². The van der Waals surface area contributed by atoms with Gasteiger partial charge in [0.15, 0.2) is 0 Å². The highest BCUT2D eigenvalue weighted by atomic mass is 32.2. The smallest absolute Gasteiger partial charge is 0.244 e. The average Bonchev–Trinajstić information content (AvgIpc) is 3.00. The van der Waals surface area contributed by atoms with Crippen molar-refractivity contribution in [1.29, 1.82) is 0 Å². The van der Waals surface area contributed by atoms with Gasteiger partial charge >= 0.3 is 0 Å². The van der Waals surface area contributed by atoms with Crippen LogP contribution in [-0.4, -0.2) is 46.2 Å². The van der Waals surface area contributed by atoms with Crippen molar-refractivity contribution in [3.63, 3.8) is 0 Å². The van der Waals surface area contributed by atoms with E-state index in [0.717, 1.165) is 5.56 Å². The van der Waals surface area contributed by atoms with Gasteiger partial charge in [-0.3, -0.25) is 4.68 Å². The molecule has 3 heterocycles. The third-order valence-electron chi connectivity index (χ3n) is 4.45. The number of rotatable bonds is 9. The molecule has 0 aliphatic heterocycles. The van der Waals surface area contributed by atoms with E-state index in [9.17, 15) is 8.42 Å². The monoisotopic (exact) mass is 430 g/mol. The zero-order chi connectivity index (χ0) is 21.7. The Hall–Kier alpha value is -3.05. The molecule has 0 aromatic carbocycles. The quantitative estimate of drug-likeness (QED) is 0.441. The summed E-state index contributed by atoms with van der Waals surface area (Å²) in [6, 6.07) is 5.56. The molecule has 0 radical (unpaired) electrons. The summed E-state index contributed by atoms with van der Waals surface area (Å²) in [7, 11) is -3.64. The molecule has 0 saturated heterocycles. The van der Waals surface area contributed by atoms with Crippen molar-refractivity contribution < 1.29 is 8.42 Å². The minimum Gasteiger partial charge on any atom is -0.369 e. The van der Waals surface area contributed by atoms with E-state index < -0.39 is 10.0 Å². The van der Waals surface area contributed by atoms with Crippen LogP contribution < -0.4 is 15.4 Å².